The second kappa shape index (κ2) is 127. The highest BCUT2D eigenvalue weighted by Gasteiger charge is 1.72. The minimum absolute atomic E-state index is 0. The lowest BCUT2D eigenvalue weighted by Gasteiger charge is -1.82. The molecule has 0 aromatic heterocycles. The Morgan fingerprint density at radius 2 is 0.515 bits per heavy atom. The summed E-state index contributed by atoms with van der Waals surface area (Å²) in [5, 5.41) is 0. The quantitative estimate of drug-likeness (QED) is 0.357. The maximum Gasteiger partial charge on any atom is 0.0351 e. The Kier molecular flexibility index (Phi) is 243. The fourth-order valence-corrected chi connectivity index (χ4v) is 0.919. The number of methoxy groups -OCH3 is 2. The van der Waals surface area contributed by atoms with Crippen LogP contribution in [-0.4, -0.2) is 36.9 Å². The third-order valence-electron chi connectivity index (χ3n) is 1.61. The van der Waals surface area contributed by atoms with Gasteiger partial charge in [0.2, 0.25) is 0 Å². The van der Waals surface area contributed by atoms with E-state index in [4.69, 9.17) is 0 Å². The van der Waals surface area contributed by atoms with Crippen molar-refractivity contribution in [3.63, 3.8) is 0 Å². The zero-order valence-corrected chi connectivity index (χ0v) is 25.2. The molecule has 201 valence electrons. The van der Waals surface area contributed by atoms with Crippen LogP contribution in [0.5, 0.6) is 0 Å². The molecule has 2 rings (SSSR count). The van der Waals surface area contributed by atoms with Gasteiger partial charge in [0, 0.05) is 36.9 Å². The van der Waals surface area contributed by atoms with Crippen molar-refractivity contribution in [3.8, 4) is 0 Å². The second-order valence-corrected chi connectivity index (χ2v) is 3.63. The molecule has 0 fully saturated rings. The molecule has 0 N–H and O–H groups in total. The van der Waals surface area contributed by atoms with Gasteiger partial charge in [0.1, 0.15) is 0 Å². The molecular weight excluding hydrogens is 403 g/mol. The van der Waals surface area contributed by atoms with Crippen molar-refractivity contribution < 1.29 is 9.47 Å². The summed E-state index contributed by atoms with van der Waals surface area (Å²) in [6.45, 7) is 26.1. The number of benzene rings is 2. The SMILES string of the molecule is C.CC.CC.CC.CC.CC.CC.COC.COC.Cc1ccccc1.[B].c1ccccc1. The highest BCUT2D eigenvalue weighted by molar-refractivity contribution is 5.75. The van der Waals surface area contributed by atoms with Crippen molar-refractivity contribution in [2.45, 2.75) is 97.4 Å². The van der Waals surface area contributed by atoms with Gasteiger partial charge in [-0.1, -0.05) is 163 Å². The van der Waals surface area contributed by atoms with E-state index in [0.717, 1.165) is 0 Å². The van der Waals surface area contributed by atoms with Crippen LogP contribution in [0.1, 0.15) is 96.1 Å². The zero-order chi connectivity index (χ0) is 26.8. The first kappa shape index (κ1) is 63.4. The maximum absolute atomic E-state index is 4.25. The lowest BCUT2D eigenvalue weighted by molar-refractivity contribution is 0.277. The molecule has 2 nitrogen and oxygen atoms in total. The van der Waals surface area contributed by atoms with Crippen molar-refractivity contribution in [2.24, 2.45) is 0 Å². The summed E-state index contributed by atoms with van der Waals surface area (Å²) in [5.41, 5.74) is 1.32. The molecule has 0 bridgehead atoms. The first-order valence-corrected chi connectivity index (χ1v) is 12.0. The normalized spacial score (nSPS) is 5.48. The van der Waals surface area contributed by atoms with E-state index in [9.17, 15) is 0 Å². The Bertz CT molecular complexity index is 312. The lowest BCUT2D eigenvalue weighted by atomic mass is 10.2. The van der Waals surface area contributed by atoms with Gasteiger partial charge in [0.15, 0.2) is 0 Å². The van der Waals surface area contributed by atoms with Crippen LogP contribution >= 0.6 is 0 Å². The molecule has 0 atom stereocenters. The molecule has 2 aromatic carbocycles. The molecule has 3 heteroatoms. The first-order chi connectivity index (χ1) is 15.2. The third kappa shape index (κ3) is 159. The Morgan fingerprint density at radius 1 is 0.394 bits per heavy atom. The molecule has 3 radical (unpaired) electrons. The average molecular weight is 470 g/mol. The van der Waals surface area contributed by atoms with Crippen LogP contribution in [0.15, 0.2) is 66.7 Å². The maximum atomic E-state index is 4.25. The summed E-state index contributed by atoms with van der Waals surface area (Å²) >= 11 is 0. The number of aryl methyl sites for hydroxylation is 1. The topological polar surface area (TPSA) is 18.5 Å². The van der Waals surface area contributed by atoms with Gasteiger partial charge >= 0.3 is 0 Å². The molecule has 0 aliphatic carbocycles. The van der Waals surface area contributed by atoms with Crippen LogP contribution < -0.4 is 0 Å². The van der Waals surface area contributed by atoms with Gasteiger partial charge in [0.25, 0.3) is 0 Å². The Hall–Kier alpha value is -1.58. The lowest BCUT2D eigenvalue weighted by Crippen LogP contribution is -1.62. The van der Waals surface area contributed by atoms with Crippen molar-refractivity contribution in [1.29, 1.82) is 0 Å². The molecule has 0 amide bonds. The van der Waals surface area contributed by atoms with Gasteiger partial charge < -0.3 is 9.47 Å². The Morgan fingerprint density at radius 3 is 0.606 bits per heavy atom. The molecule has 2 aromatic rings. The van der Waals surface area contributed by atoms with Crippen LogP contribution in [0.25, 0.3) is 0 Å². The fourth-order valence-electron chi connectivity index (χ4n) is 0.919. The highest BCUT2D eigenvalue weighted by Crippen LogP contribution is 1.92. The predicted octanol–water partition coefficient (Wildman–Crippen LogP) is 10.6. The van der Waals surface area contributed by atoms with E-state index >= 15 is 0 Å². The molecule has 0 aliphatic rings. The van der Waals surface area contributed by atoms with Crippen LogP contribution in [0, 0.1) is 6.92 Å². The Balaban J connectivity index is -0.0000000235. The van der Waals surface area contributed by atoms with Gasteiger partial charge in [-0.05, 0) is 6.92 Å². The highest BCUT2D eigenvalue weighted by atomic mass is 16.5. The third-order valence-corrected chi connectivity index (χ3v) is 1.61. The number of hydrogen-bond donors (Lipinski definition) is 0. The largest absolute Gasteiger partial charge is 0.388 e. The molecule has 0 spiro atoms. The summed E-state index contributed by atoms with van der Waals surface area (Å²) in [4.78, 5) is 0. The van der Waals surface area contributed by atoms with Crippen molar-refractivity contribution in [2.75, 3.05) is 28.4 Å². The van der Waals surface area contributed by atoms with E-state index in [1.54, 1.807) is 28.4 Å². The van der Waals surface area contributed by atoms with E-state index in [2.05, 4.69) is 28.5 Å². The van der Waals surface area contributed by atoms with Crippen LogP contribution in [0.2, 0.25) is 0 Å². The van der Waals surface area contributed by atoms with Gasteiger partial charge in [-0.3, -0.25) is 0 Å². The number of ether oxygens (including phenoxy) is 2. The van der Waals surface area contributed by atoms with Gasteiger partial charge in [-0.15, -0.1) is 0 Å². The van der Waals surface area contributed by atoms with E-state index < -0.39 is 0 Å². The van der Waals surface area contributed by atoms with E-state index in [1.807, 2.05) is 138 Å². The smallest absolute Gasteiger partial charge is 0.0351 e. The zero-order valence-electron chi connectivity index (χ0n) is 25.2. The summed E-state index contributed by atoms with van der Waals surface area (Å²) in [6, 6.07) is 22.3. The van der Waals surface area contributed by atoms with Crippen LogP contribution in [-0.2, 0) is 9.47 Å². The van der Waals surface area contributed by atoms with E-state index in [1.165, 1.54) is 5.56 Å². The molecule has 0 unspecified atom stereocenters. The summed E-state index contributed by atoms with van der Waals surface area (Å²) in [7, 11) is 6.50. The Labute approximate surface area is 216 Å². The van der Waals surface area contributed by atoms with Crippen molar-refractivity contribution >= 4 is 8.41 Å². The van der Waals surface area contributed by atoms with E-state index in [-0.39, 0.29) is 15.8 Å². The minimum atomic E-state index is 0. The first-order valence-electron chi connectivity index (χ1n) is 12.0. The average Bonchev–Trinajstić information content (AvgIpc) is 2.89. The molecule has 0 aliphatic heterocycles. The predicted molar refractivity (Wildman–Crippen MR) is 164 cm³/mol. The number of rotatable bonds is 0. The minimum Gasteiger partial charge on any atom is -0.388 e. The molecule has 0 saturated carbocycles. The molecular formula is C30H66BO2. The van der Waals surface area contributed by atoms with Crippen LogP contribution in [0.3, 0.4) is 0 Å². The molecule has 0 saturated heterocycles. The van der Waals surface area contributed by atoms with E-state index in [0.29, 0.717) is 0 Å². The second-order valence-electron chi connectivity index (χ2n) is 3.63. The number of hydrogen-bond acceptors (Lipinski definition) is 2. The fraction of sp³-hybridized carbons (Fsp3) is 0.600. The monoisotopic (exact) mass is 470 g/mol. The van der Waals surface area contributed by atoms with Crippen molar-refractivity contribution in [1.82, 2.24) is 0 Å². The summed E-state index contributed by atoms with van der Waals surface area (Å²) in [6.07, 6.45) is 0. The van der Waals surface area contributed by atoms with Gasteiger partial charge in [-0.25, -0.2) is 0 Å². The van der Waals surface area contributed by atoms with Gasteiger partial charge in [-0.2, -0.15) is 0 Å². The summed E-state index contributed by atoms with van der Waals surface area (Å²) in [5.74, 6) is 0. The summed E-state index contributed by atoms with van der Waals surface area (Å²) < 4.78 is 8.50. The van der Waals surface area contributed by atoms with Crippen LogP contribution in [0.4, 0.5) is 0 Å². The molecule has 33 heavy (non-hydrogen) atoms. The van der Waals surface area contributed by atoms with Crippen molar-refractivity contribution in [3.05, 3.63) is 72.3 Å². The van der Waals surface area contributed by atoms with Gasteiger partial charge in [0.05, 0.1) is 0 Å². The molecule has 0 heterocycles. The standard InChI is InChI=1S/C7H8.C6H6.2C2H6O.6C2H6.CH4.B/c1-7-5-3-2-4-6-7;1-2-4-6-5-3-1;2*1-3-2;6*1-2;;/h2-6H,1H3;1-6H;2*1-2H3;6*1-2H3;1H4;.